The number of ketones is 1. The van der Waals surface area contributed by atoms with Gasteiger partial charge in [0.2, 0.25) is 5.91 Å². The van der Waals surface area contributed by atoms with Crippen molar-refractivity contribution in [3.05, 3.63) is 59.2 Å². The van der Waals surface area contributed by atoms with Gasteiger partial charge in [0.25, 0.3) is 0 Å². The van der Waals surface area contributed by atoms with Gasteiger partial charge in [-0.15, -0.1) is 0 Å². The van der Waals surface area contributed by atoms with Crippen molar-refractivity contribution in [3.8, 4) is 5.75 Å². The van der Waals surface area contributed by atoms with E-state index in [4.69, 9.17) is 4.74 Å². The van der Waals surface area contributed by atoms with Gasteiger partial charge in [-0.1, -0.05) is 12.1 Å². The number of nitrogens with zero attached hydrogens (tertiary/aromatic N) is 2. The summed E-state index contributed by atoms with van der Waals surface area (Å²) < 4.78 is 5.81. The third-order valence-electron chi connectivity index (χ3n) is 5.40. The number of Topliss-reactive ketones (excluding diaryl/α,β-unsaturated/α-hetero) is 1. The Balaban J connectivity index is 1.46. The van der Waals surface area contributed by atoms with E-state index in [1.165, 1.54) is 5.56 Å². The second-order valence-electron chi connectivity index (χ2n) is 7.27. The SMILES string of the molecule is CC(=O)c1ccc(N2CCN(C(=O)CCOc3cccc(C)c3C)CC2)cc1. The first-order chi connectivity index (χ1) is 13.5. The molecule has 1 amide bonds. The summed E-state index contributed by atoms with van der Waals surface area (Å²) in [5.41, 5.74) is 4.13. The summed E-state index contributed by atoms with van der Waals surface area (Å²) in [7, 11) is 0. The Morgan fingerprint density at radius 2 is 1.64 bits per heavy atom. The lowest BCUT2D eigenvalue weighted by Crippen LogP contribution is -2.49. The van der Waals surface area contributed by atoms with Crippen LogP contribution in [0.1, 0.15) is 34.8 Å². The molecule has 0 radical (unpaired) electrons. The summed E-state index contributed by atoms with van der Waals surface area (Å²) in [6, 6.07) is 13.7. The van der Waals surface area contributed by atoms with E-state index < -0.39 is 0 Å². The van der Waals surface area contributed by atoms with E-state index in [-0.39, 0.29) is 11.7 Å². The van der Waals surface area contributed by atoms with Gasteiger partial charge in [-0.05, 0) is 62.2 Å². The number of carbonyl (C=O) groups excluding carboxylic acids is 2. The minimum absolute atomic E-state index is 0.0741. The molecule has 2 aromatic carbocycles. The van der Waals surface area contributed by atoms with Gasteiger partial charge in [0.15, 0.2) is 5.78 Å². The maximum absolute atomic E-state index is 12.5. The number of carbonyl (C=O) groups is 2. The quantitative estimate of drug-likeness (QED) is 0.718. The van der Waals surface area contributed by atoms with Gasteiger partial charge in [-0.25, -0.2) is 0 Å². The molecular weight excluding hydrogens is 352 g/mol. The van der Waals surface area contributed by atoms with Crippen LogP contribution < -0.4 is 9.64 Å². The fourth-order valence-corrected chi connectivity index (χ4v) is 3.41. The van der Waals surface area contributed by atoms with Crippen molar-refractivity contribution >= 4 is 17.4 Å². The molecule has 28 heavy (non-hydrogen) atoms. The van der Waals surface area contributed by atoms with Crippen LogP contribution in [0.3, 0.4) is 0 Å². The molecule has 0 aromatic heterocycles. The van der Waals surface area contributed by atoms with E-state index in [0.29, 0.717) is 26.1 Å². The molecule has 1 saturated heterocycles. The zero-order chi connectivity index (χ0) is 20.1. The molecule has 0 unspecified atom stereocenters. The number of rotatable bonds is 6. The largest absolute Gasteiger partial charge is 0.493 e. The predicted molar refractivity (Wildman–Crippen MR) is 111 cm³/mol. The summed E-state index contributed by atoms with van der Waals surface area (Å²) in [5, 5.41) is 0. The van der Waals surface area contributed by atoms with Crippen LogP contribution in [0.25, 0.3) is 0 Å². The van der Waals surface area contributed by atoms with Crippen LogP contribution in [0, 0.1) is 13.8 Å². The van der Waals surface area contributed by atoms with Gasteiger partial charge in [-0.3, -0.25) is 9.59 Å². The van der Waals surface area contributed by atoms with Crippen molar-refractivity contribution in [2.45, 2.75) is 27.2 Å². The van der Waals surface area contributed by atoms with E-state index in [2.05, 4.69) is 17.9 Å². The van der Waals surface area contributed by atoms with E-state index in [1.54, 1.807) is 6.92 Å². The highest BCUT2D eigenvalue weighted by atomic mass is 16.5. The van der Waals surface area contributed by atoms with Crippen LogP contribution >= 0.6 is 0 Å². The number of hydrogen-bond acceptors (Lipinski definition) is 4. The first kappa shape index (κ1) is 19.9. The number of aryl methyl sites for hydroxylation is 1. The summed E-state index contributed by atoms with van der Waals surface area (Å²) in [6.07, 6.45) is 0.390. The molecule has 0 N–H and O–H groups in total. The summed E-state index contributed by atoms with van der Waals surface area (Å²) in [6.45, 7) is 9.06. The van der Waals surface area contributed by atoms with E-state index in [0.717, 1.165) is 35.7 Å². The number of ether oxygens (including phenoxy) is 1. The molecule has 5 nitrogen and oxygen atoms in total. The van der Waals surface area contributed by atoms with Crippen molar-refractivity contribution in [3.63, 3.8) is 0 Å². The minimum Gasteiger partial charge on any atom is -0.493 e. The molecule has 148 valence electrons. The highest BCUT2D eigenvalue weighted by Gasteiger charge is 2.21. The number of hydrogen-bond donors (Lipinski definition) is 0. The molecule has 5 heteroatoms. The lowest BCUT2D eigenvalue weighted by Gasteiger charge is -2.36. The van der Waals surface area contributed by atoms with Gasteiger partial charge >= 0.3 is 0 Å². The molecule has 1 aliphatic heterocycles. The molecule has 0 bridgehead atoms. The molecule has 0 spiro atoms. The van der Waals surface area contributed by atoms with Gasteiger partial charge in [0.1, 0.15) is 5.75 Å². The summed E-state index contributed by atoms with van der Waals surface area (Å²) in [4.78, 5) is 28.0. The van der Waals surface area contributed by atoms with Gasteiger partial charge < -0.3 is 14.5 Å². The Kier molecular flexibility index (Phi) is 6.34. The third-order valence-corrected chi connectivity index (χ3v) is 5.40. The molecule has 0 aliphatic carbocycles. The van der Waals surface area contributed by atoms with Gasteiger partial charge in [0, 0.05) is 37.4 Å². The minimum atomic E-state index is 0.0741. The summed E-state index contributed by atoms with van der Waals surface area (Å²) >= 11 is 0. The van der Waals surface area contributed by atoms with Crippen LogP contribution in [0.15, 0.2) is 42.5 Å². The number of benzene rings is 2. The van der Waals surface area contributed by atoms with Crippen molar-refractivity contribution in [1.29, 1.82) is 0 Å². The van der Waals surface area contributed by atoms with Crippen molar-refractivity contribution < 1.29 is 14.3 Å². The standard InChI is InChI=1S/C23H28N2O3/c1-17-5-4-6-22(18(17)2)28-16-11-23(27)25-14-12-24(13-15-25)21-9-7-20(8-10-21)19(3)26/h4-10H,11-16H2,1-3H3. The molecule has 0 atom stereocenters. The Morgan fingerprint density at radius 3 is 2.29 bits per heavy atom. The maximum atomic E-state index is 12.5. The molecule has 1 aliphatic rings. The first-order valence-electron chi connectivity index (χ1n) is 9.78. The Hall–Kier alpha value is -2.82. The lowest BCUT2D eigenvalue weighted by atomic mass is 10.1. The van der Waals surface area contributed by atoms with Crippen molar-refractivity contribution in [2.24, 2.45) is 0 Å². The van der Waals surface area contributed by atoms with Crippen LogP contribution in [0.2, 0.25) is 0 Å². The predicted octanol–water partition coefficient (Wildman–Crippen LogP) is 3.62. The highest BCUT2D eigenvalue weighted by Crippen LogP contribution is 2.21. The van der Waals surface area contributed by atoms with Gasteiger partial charge in [-0.2, -0.15) is 0 Å². The second kappa shape index (κ2) is 8.91. The number of piperazine rings is 1. The molecule has 3 rings (SSSR count). The Labute approximate surface area is 166 Å². The van der Waals surface area contributed by atoms with E-state index >= 15 is 0 Å². The number of anilines is 1. The zero-order valence-electron chi connectivity index (χ0n) is 16.9. The number of amides is 1. The second-order valence-corrected chi connectivity index (χ2v) is 7.27. The fourth-order valence-electron chi connectivity index (χ4n) is 3.41. The van der Waals surface area contributed by atoms with Gasteiger partial charge in [0.05, 0.1) is 13.0 Å². The smallest absolute Gasteiger partial charge is 0.226 e. The van der Waals surface area contributed by atoms with E-state index in [1.807, 2.05) is 48.2 Å². The van der Waals surface area contributed by atoms with Crippen molar-refractivity contribution in [1.82, 2.24) is 4.90 Å². The summed E-state index contributed by atoms with van der Waals surface area (Å²) in [5.74, 6) is 1.06. The highest BCUT2D eigenvalue weighted by molar-refractivity contribution is 5.94. The molecular formula is C23H28N2O3. The zero-order valence-corrected chi connectivity index (χ0v) is 16.9. The fraction of sp³-hybridized carbons (Fsp3) is 0.391. The molecule has 0 saturated carbocycles. The Morgan fingerprint density at radius 1 is 0.964 bits per heavy atom. The normalized spacial score (nSPS) is 14.1. The Bertz CT molecular complexity index is 837. The average Bonchev–Trinajstić information content (AvgIpc) is 2.71. The average molecular weight is 380 g/mol. The van der Waals surface area contributed by atoms with Crippen LogP contribution in [-0.4, -0.2) is 49.4 Å². The van der Waals surface area contributed by atoms with Crippen LogP contribution in [-0.2, 0) is 4.79 Å². The molecule has 1 fully saturated rings. The van der Waals surface area contributed by atoms with Crippen molar-refractivity contribution in [2.75, 3.05) is 37.7 Å². The monoisotopic (exact) mass is 380 g/mol. The maximum Gasteiger partial charge on any atom is 0.226 e. The third kappa shape index (κ3) is 4.71. The topological polar surface area (TPSA) is 49.9 Å². The van der Waals surface area contributed by atoms with E-state index in [9.17, 15) is 9.59 Å². The first-order valence-corrected chi connectivity index (χ1v) is 9.78. The van der Waals surface area contributed by atoms with Crippen LogP contribution in [0.5, 0.6) is 5.75 Å². The lowest BCUT2D eigenvalue weighted by molar-refractivity contribution is -0.132. The molecule has 1 heterocycles. The molecule has 2 aromatic rings. The van der Waals surface area contributed by atoms with Crippen LogP contribution in [0.4, 0.5) is 5.69 Å².